The first-order chi connectivity index (χ1) is 9.29. The van der Waals surface area contributed by atoms with Gasteiger partial charge in [-0.15, -0.1) is 0 Å². The molecule has 0 saturated heterocycles. The molecule has 0 aliphatic rings. The van der Waals surface area contributed by atoms with E-state index in [0.717, 1.165) is 18.9 Å². The Morgan fingerprint density at radius 1 is 0.950 bits per heavy atom. The van der Waals surface area contributed by atoms with Crippen molar-refractivity contribution in [2.45, 2.75) is 59.5 Å². The van der Waals surface area contributed by atoms with Gasteiger partial charge >= 0.3 is 0 Å². The Bertz CT molecular complexity index is 405. The molecule has 0 fully saturated rings. The zero-order chi connectivity index (χ0) is 15.3. The second-order valence-electron chi connectivity index (χ2n) is 6.51. The molecule has 20 heavy (non-hydrogen) atoms. The summed E-state index contributed by atoms with van der Waals surface area (Å²) in [5.41, 5.74) is 0.405. The smallest absolute Gasteiger partial charge is 0.128 e. The lowest BCUT2D eigenvalue weighted by molar-refractivity contribution is 0.331. The summed E-state index contributed by atoms with van der Waals surface area (Å²) in [6, 6.07) is 3.78. The molecule has 0 aromatic heterocycles. The van der Waals surface area contributed by atoms with Crippen LogP contribution in [-0.4, -0.2) is 6.04 Å². The molecule has 1 rings (SSSR count). The largest absolute Gasteiger partial charge is 0.307 e. The number of hydrogen-bond donors (Lipinski definition) is 1. The van der Waals surface area contributed by atoms with E-state index < -0.39 is 0 Å². The minimum absolute atomic E-state index is 0.187. The molecule has 0 saturated carbocycles. The van der Waals surface area contributed by atoms with Gasteiger partial charge in [0.15, 0.2) is 0 Å². The predicted molar refractivity (Wildman–Crippen MR) is 80.6 cm³/mol. The minimum Gasteiger partial charge on any atom is -0.307 e. The van der Waals surface area contributed by atoms with Crippen LogP contribution in [0.5, 0.6) is 0 Å². The van der Waals surface area contributed by atoms with Crippen molar-refractivity contribution < 1.29 is 8.78 Å². The summed E-state index contributed by atoms with van der Waals surface area (Å²) in [4.78, 5) is 0. The third kappa shape index (κ3) is 5.58. The fourth-order valence-corrected chi connectivity index (χ4v) is 2.66. The van der Waals surface area contributed by atoms with Crippen molar-refractivity contribution in [2.24, 2.45) is 11.8 Å². The van der Waals surface area contributed by atoms with Gasteiger partial charge < -0.3 is 5.32 Å². The van der Waals surface area contributed by atoms with Crippen molar-refractivity contribution >= 4 is 0 Å². The van der Waals surface area contributed by atoms with E-state index >= 15 is 0 Å². The Morgan fingerprint density at radius 2 is 1.50 bits per heavy atom. The Balaban J connectivity index is 2.78. The first kappa shape index (κ1) is 17.1. The molecule has 0 bridgehead atoms. The van der Waals surface area contributed by atoms with Gasteiger partial charge in [0.1, 0.15) is 11.6 Å². The normalized spacial score (nSPS) is 13.5. The quantitative estimate of drug-likeness (QED) is 0.736. The lowest BCUT2D eigenvalue weighted by atomic mass is 9.94. The summed E-state index contributed by atoms with van der Waals surface area (Å²) in [6.45, 7) is 10.6. The maximum Gasteiger partial charge on any atom is 0.128 e. The molecule has 1 nitrogen and oxygen atoms in total. The van der Waals surface area contributed by atoms with E-state index in [-0.39, 0.29) is 17.7 Å². The topological polar surface area (TPSA) is 12.0 Å². The third-order valence-corrected chi connectivity index (χ3v) is 3.42. The number of hydrogen-bond acceptors (Lipinski definition) is 1. The van der Waals surface area contributed by atoms with Crippen LogP contribution in [0.15, 0.2) is 18.2 Å². The molecule has 0 aliphatic carbocycles. The summed E-state index contributed by atoms with van der Waals surface area (Å²) >= 11 is 0. The average molecular weight is 283 g/mol. The molecule has 1 atom stereocenters. The van der Waals surface area contributed by atoms with Crippen molar-refractivity contribution in [3.05, 3.63) is 35.4 Å². The summed E-state index contributed by atoms with van der Waals surface area (Å²) in [5, 5.41) is 3.46. The highest BCUT2D eigenvalue weighted by molar-refractivity contribution is 5.21. The highest BCUT2D eigenvalue weighted by Crippen LogP contribution is 2.22. The van der Waals surface area contributed by atoms with Crippen LogP contribution >= 0.6 is 0 Å². The van der Waals surface area contributed by atoms with Crippen molar-refractivity contribution in [1.29, 1.82) is 0 Å². The van der Waals surface area contributed by atoms with Gasteiger partial charge in [0.2, 0.25) is 0 Å². The Kier molecular flexibility index (Phi) is 6.60. The standard InChI is InChI=1S/C17H27F2N/c1-11(2)8-15(9-12(3)4)20-13(5)16-10-14(18)6-7-17(16)19/h6-7,10-13,15,20H,8-9H2,1-5H3. The van der Waals surface area contributed by atoms with Gasteiger partial charge in [-0.2, -0.15) is 0 Å². The van der Waals surface area contributed by atoms with E-state index in [2.05, 4.69) is 33.0 Å². The Hall–Kier alpha value is -0.960. The summed E-state index contributed by atoms with van der Waals surface area (Å²) in [7, 11) is 0. The van der Waals surface area contributed by atoms with Crippen LogP contribution in [0.25, 0.3) is 0 Å². The molecule has 1 aromatic carbocycles. The fraction of sp³-hybridized carbons (Fsp3) is 0.647. The second kappa shape index (κ2) is 7.72. The predicted octanol–water partition coefficient (Wildman–Crippen LogP) is 5.08. The minimum atomic E-state index is -0.390. The molecular weight excluding hydrogens is 256 g/mol. The average Bonchev–Trinajstić information content (AvgIpc) is 2.30. The molecule has 0 spiro atoms. The molecular formula is C17H27F2N. The van der Waals surface area contributed by atoms with E-state index in [1.54, 1.807) is 0 Å². The number of nitrogens with one attached hydrogen (secondary N) is 1. The second-order valence-corrected chi connectivity index (χ2v) is 6.51. The molecule has 0 heterocycles. The van der Waals surface area contributed by atoms with E-state index in [1.807, 2.05) is 6.92 Å². The Labute approximate surface area is 121 Å². The van der Waals surface area contributed by atoms with Crippen LogP contribution in [0.2, 0.25) is 0 Å². The lowest BCUT2D eigenvalue weighted by Gasteiger charge is -2.26. The molecule has 0 amide bonds. The van der Waals surface area contributed by atoms with Gasteiger partial charge in [-0.25, -0.2) is 8.78 Å². The third-order valence-electron chi connectivity index (χ3n) is 3.42. The molecule has 114 valence electrons. The van der Waals surface area contributed by atoms with E-state index in [1.165, 1.54) is 12.1 Å². The van der Waals surface area contributed by atoms with Gasteiger partial charge in [-0.1, -0.05) is 27.7 Å². The van der Waals surface area contributed by atoms with Crippen molar-refractivity contribution in [3.8, 4) is 0 Å². The van der Waals surface area contributed by atoms with Crippen molar-refractivity contribution in [1.82, 2.24) is 5.32 Å². The van der Waals surface area contributed by atoms with E-state index in [9.17, 15) is 8.78 Å². The zero-order valence-corrected chi connectivity index (χ0v) is 13.2. The molecule has 3 heteroatoms. The SMILES string of the molecule is CC(C)CC(CC(C)C)NC(C)c1cc(F)ccc1F. The number of benzene rings is 1. The Morgan fingerprint density at radius 3 is 2.00 bits per heavy atom. The molecule has 0 aliphatic heterocycles. The van der Waals surface area contributed by atoms with Gasteiger partial charge in [-0.05, 0) is 49.8 Å². The van der Waals surface area contributed by atoms with Crippen molar-refractivity contribution in [3.63, 3.8) is 0 Å². The van der Waals surface area contributed by atoms with Gasteiger partial charge in [0, 0.05) is 17.6 Å². The van der Waals surface area contributed by atoms with Gasteiger partial charge in [-0.3, -0.25) is 0 Å². The number of halogens is 2. The number of rotatable bonds is 7. The highest BCUT2D eigenvalue weighted by Gasteiger charge is 2.18. The zero-order valence-electron chi connectivity index (χ0n) is 13.2. The van der Waals surface area contributed by atoms with Crippen LogP contribution in [0.1, 0.15) is 59.1 Å². The highest BCUT2D eigenvalue weighted by atomic mass is 19.1. The molecule has 1 unspecified atom stereocenters. The summed E-state index contributed by atoms with van der Waals surface area (Å²) in [5.74, 6) is 0.421. The lowest BCUT2D eigenvalue weighted by Crippen LogP contribution is -2.34. The van der Waals surface area contributed by atoms with Crippen LogP contribution in [0.4, 0.5) is 8.78 Å². The van der Waals surface area contributed by atoms with Crippen molar-refractivity contribution in [2.75, 3.05) is 0 Å². The van der Waals surface area contributed by atoms with Gasteiger partial charge in [0.25, 0.3) is 0 Å². The molecule has 0 radical (unpaired) electrons. The van der Waals surface area contributed by atoms with Crippen LogP contribution in [0, 0.1) is 23.5 Å². The van der Waals surface area contributed by atoms with Crippen LogP contribution in [0.3, 0.4) is 0 Å². The first-order valence-corrected chi connectivity index (χ1v) is 7.50. The monoisotopic (exact) mass is 283 g/mol. The first-order valence-electron chi connectivity index (χ1n) is 7.50. The summed E-state index contributed by atoms with van der Waals surface area (Å²) in [6.07, 6.45) is 2.08. The van der Waals surface area contributed by atoms with Crippen LogP contribution in [-0.2, 0) is 0 Å². The maximum absolute atomic E-state index is 13.8. The molecule has 1 aromatic rings. The molecule has 1 N–H and O–H groups in total. The van der Waals surface area contributed by atoms with Gasteiger partial charge in [0.05, 0.1) is 0 Å². The van der Waals surface area contributed by atoms with Crippen LogP contribution < -0.4 is 5.32 Å². The fourth-order valence-electron chi connectivity index (χ4n) is 2.66. The van der Waals surface area contributed by atoms with E-state index in [4.69, 9.17) is 0 Å². The van der Waals surface area contributed by atoms with E-state index in [0.29, 0.717) is 23.4 Å². The summed E-state index contributed by atoms with van der Waals surface area (Å²) < 4.78 is 27.1. The maximum atomic E-state index is 13.8.